The number of nitrogens with zero attached hydrogens (tertiary/aromatic N) is 2. The van der Waals surface area contributed by atoms with Crippen LogP contribution in [0.2, 0.25) is 0 Å². The van der Waals surface area contributed by atoms with Gasteiger partial charge in [0.1, 0.15) is 0 Å². The maximum Gasteiger partial charge on any atom is 0.190 e. The highest BCUT2D eigenvalue weighted by atomic mass is 16.5. The predicted octanol–water partition coefficient (Wildman–Crippen LogP) is 2.14. The Morgan fingerprint density at radius 3 is 2.88 bits per heavy atom. The predicted molar refractivity (Wildman–Crippen MR) is 105 cm³/mol. The minimum atomic E-state index is 0.706. The van der Waals surface area contributed by atoms with Gasteiger partial charge >= 0.3 is 0 Å². The zero-order valence-electron chi connectivity index (χ0n) is 15.8. The van der Waals surface area contributed by atoms with Gasteiger partial charge in [0, 0.05) is 46.4 Å². The zero-order valence-corrected chi connectivity index (χ0v) is 15.8. The van der Waals surface area contributed by atoms with E-state index in [9.17, 15) is 0 Å². The van der Waals surface area contributed by atoms with E-state index in [0.29, 0.717) is 5.92 Å². The van der Waals surface area contributed by atoms with Gasteiger partial charge in [-0.15, -0.1) is 0 Å². The van der Waals surface area contributed by atoms with Gasteiger partial charge in [-0.25, -0.2) is 0 Å². The van der Waals surface area contributed by atoms with Crippen molar-refractivity contribution in [2.45, 2.75) is 26.2 Å². The molecule has 0 aromatic heterocycles. The molecule has 5 nitrogen and oxygen atoms in total. The van der Waals surface area contributed by atoms with Crippen molar-refractivity contribution >= 4 is 5.96 Å². The fourth-order valence-electron chi connectivity index (χ4n) is 3.20. The Morgan fingerprint density at radius 1 is 1.28 bits per heavy atom. The maximum absolute atomic E-state index is 5.35. The summed E-state index contributed by atoms with van der Waals surface area (Å²) in [6.45, 7) is 9.06. The second-order valence-corrected chi connectivity index (χ2v) is 6.62. The first-order chi connectivity index (χ1) is 12.3. The Bertz CT molecular complexity index is 492. The molecule has 1 aliphatic rings. The molecule has 1 heterocycles. The van der Waals surface area contributed by atoms with Crippen LogP contribution < -0.4 is 10.6 Å². The standard InChI is InChI=1S/C20H34N4O/c1-3-25-15-7-12-22-20(21-2)23-16-19-11-14-24(17-19)13-10-18-8-5-4-6-9-18/h4-6,8-9,19H,3,7,10-17H2,1-2H3,(H2,21,22,23). The van der Waals surface area contributed by atoms with Gasteiger partial charge in [-0.3, -0.25) is 4.99 Å². The fraction of sp³-hybridized carbons (Fsp3) is 0.650. The molecule has 25 heavy (non-hydrogen) atoms. The number of hydrogen-bond acceptors (Lipinski definition) is 3. The van der Waals surface area contributed by atoms with Crippen molar-refractivity contribution in [3.63, 3.8) is 0 Å². The van der Waals surface area contributed by atoms with Gasteiger partial charge in [-0.2, -0.15) is 0 Å². The van der Waals surface area contributed by atoms with Crippen molar-refractivity contribution in [3.8, 4) is 0 Å². The van der Waals surface area contributed by atoms with E-state index in [1.165, 1.54) is 25.1 Å². The molecule has 1 aromatic rings. The van der Waals surface area contributed by atoms with E-state index in [4.69, 9.17) is 4.74 Å². The highest BCUT2D eigenvalue weighted by molar-refractivity contribution is 5.79. The summed E-state index contributed by atoms with van der Waals surface area (Å²) in [6, 6.07) is 10.8. The molecule has 1 aromatic carbocycles. The third kappa shape index (κ3) is 7.88. The summed E-state index contributed by atoms with van der Waals surface area (Å²) < 4.78 is 5.35. The van der Waals surface area contributed by atoms with Crippen LogP contribution in [0, 0.1) is 5.92 Å². The van der Waals surface area contributed by atoms with E-state index in [1.54, 1.807) is 0 Å². The number of hydrogen-bond donors (Lipinski definition) is 2. The summed E-state index contributed by atoms with van der Waals surface area (Å²) in [5.74, 6) is 1.61. The molecule has 140 valence electrons. The Hall–Kier alpha value is -1.59. The van der Waals surface area contributed by atoms with Crippen molar-refractivity contribution in [3.05, 3.63) is 35.9 Å². The third-order valence-corrected chi connectivity index (χ3v) is 4.67. The lowest BCUT2D eigenvalue weighted by molar-refractivity contribution is 0.145. The van der Waals surface area contributed by atoms with Crippen LogP contribution in [0.15, 0.2) is 35.3 Å². The second kappa shape index (κ2) is 11.9. The van der Waals surface area contributed by atoms with Crippen LogP contribution in [0.4, 0.5) is 0 Å². The molecular weight excluding hydrogens is 312 g/mol. The summed E-state index contributed by atoms with van der Waals surface area (Å²) in [6.07, 6.45) is 3.42. The lowest BCUT2D eigenvalue weighted by Crippen LogP contribution is -2.40. The van der Waals surface area contributed by atoms with Crippen LogP contribution in [0.25, 0.3) is 0 Å². The highest BCUT2D eigenvalue weighted by Gasteiger charge is 2.22. The fourth-order valence-corrected chi connectivity index (χ4v) is 3.20. The molecule has 0 amide bonds. The average Bonchev–Trinajstić information content (AvgIpc) is 3.11. The lowest BCUT2D eigenvalue weighted by Gasteiger charge is -2.17. The highest BCUT2D eigenvalue weighted by Crippen LogP contribution is 2.15. The van der Waals surface area contributed by atoms with Gasteiger partial charge in [-0.05, 0) is 44.2 Å². The summed E-state index contributed by atoms with van der Waals surface area (Å²) in [4.78, 5) is 6.88. The molecule has 0 saturated carbocycles. The van der Waals surface area contributed by atoms with E-state index in [0.717, 1.165) is 51.6 Å². The van der Waals surface area contributed by atoms with Gasteiger partial charge in [0.05, 0.1) is 0 Å². The minimum Gasteiger partial charge on any atom is -0.382 e. The molecule has 0 aliphatic carbocycles. The van der Waals surface area contributed by atoms with E-state index >= 15 is 0 Å². The Labute approximate surface area is 152 Å². The molecule has 5 heteroatoms. The number of likely N-dealkylation sites (tertiary alicyclic amines) is 1. The Balaban J connectivity index is 1.58. The summed E-state index contributed by atoms with van der Waals surface area (Å²) in [7, 11) is 1.83. The topological polar surface area (TPSA) is 48.9 Å². The quantitative estimate of drug-likeness (QED) is 0.387. The van der Waals surface area contributed by atoms with Gasteiger partial charge in [0.25, 0.3) is 0 Å². The van der Waals surface area contributed by atoms with Crippen molar-refractivity contribution in [1.82, 2.24) is 15.5 Å². The molecule has 1 fully saturated rings. The summed E-state index contributed by atoms with van der Waals surface area (Å²) in [5, 5.41) is 6.82. The van der Waals surface area contributed by atoms with Crippen LogP contribution in [-0.4, -0.2) is 63.8 Å². The van der Waals surface area contributed by atoms with Crippen LogP contribution in [0.3, 0.4) is 0 Å². The maximum atomic E-state index is 5.35. The molecule has 0 spiro atoms. The van der Waals surface area contributed by atoms with E-state index in [1.807, 2.05) is 14.0 Å². The van der Waals surface area contributed by atoms with Crippen LogP contribution in [0.5, 0.6) is 0 Å². The molecule has 2 rings (SSSR count). The van der Waals surface area contributed by atoms with E-state index < -0.39 is 0 Å². The third-order valence-electron chi connectivity index (χ3n) is 4.67. The Kier molecular flexibility index (Phi) is 9.37. The van der Waals surface area contributed by atoms with Gasteiger partial charge < -0.3 is 20.3 Å². The lowest BCUT2D eigenvalue weighted by atomic mass is 10.1. The number of aliphatic imine (C=N–C) groups is 1. The minimum absolute atomic E-state index is 0.706. The normalized spacial score (nSPS) is 18.5. The van der Waals surface area contributed by atoms with E-state index in [2.05, 4.69) is 50.9 Å². The molecule has 1 atom stereocenters. The molecule has 2 N–H and O–H groups in total. The first-order valence-electron chi connectivity index (χ1n) is 9.60. The first kappa shape index (κ1) is 19.7. The number of benzene rings is 1. The smallest absolute Gasteiger partial charge is 0.190 e. The number of nitrogens with one attached hydrogen (secondary N) is 2. The van der Waals surface area contributed by atoms with Crippen LogP contribution in [0.1, 0.15) is 25.3 Å². The second-order valence-electron chi connectivity index (χ2n) is 6.62. The molecule has 1 saturated heterocycles. The van der Waals surface area contributed by atoms with Gasteiger partial charge in [0.2, 0.25) is 0 Å². The van der Waals surface area contributed by atoms with Crippen molar-refractivity contribution < 1.29 is 4.74 Å². The number of ether oxygens (including phenoxy) is 1. The monoisotopic (exact) mass is 346 g/mol. The molecule has 1 aliphatic heterocycles. The van der Waals surface area contributed by atoms with Crippen molar-refractivity contribution in [1.29, 1.82) is 0 Å². The molecular formula is C20H34N4O. The van der Waals surface area contributed by atoms with Crippen LogP contribution in [-0.2, 0) is 11.2 Å². The number of guanidine groups is 1. The summed E-state index contributed by atoms with van der Waals surface area (Å²) >= 11 is 0. The zero-order chi connectivity index (χ0) is 17.7. The average molecular weight is 347 g/mol. The largest absolute Gasteiger partial charge is 0.382 e. The molecule has 0 bridgehead atoms. The first-order valence-corrected chi connectivity index (χ1v) is 9.60. The van der Waals surface area contributed by atoms with Crippen molar-refractivity contribution in [2.24, 2.45) is 10.9 Å². The Morgan fingerprint density at radius 2 is 2.12 bits per heavy atom. The summed E-state index contributed by atoms with van der Waals surface area (Å²) in [5.41, 5.74) is 1.43. The van der Waals surface area contributed by atoms with Crippen LogP contribution >= 0.6 is 0 Å². The van der Waals surface area contributed by atoms with Crippen molar-refractivity contribution in [2.75, 3.05) is 53.0 Å². The molecule has 1 unspecified atom stereocenters. The van der Waals surface area contributed by atoms with E-state index in [-0.39, 0.29) is 0 Å². The SMILES string of the molecule is CCOCCCNC(=NC)NCC1CCN(CCc2ccccc2)C1. The number of rotatable bonds is 10. The molecule has 0 radical (unpaired) electrons. The van der Waals surface area contributed by atoms with Gasteiger partial charge in [-0.1, -0.05) is 30.3 Å². The van der Waals surface area contributed by atoms with Gasteiger partial charge in [0.15, 0.2) is 5.96 Å².